The standard InChI is InChI=1S/C18H20/c1-3-4-8-15(2)13-14-17-11-7-10-16-9-5-6-12-18(16)17/h5-14H,3-4H2,1-2H3. The molecule has 0 aliphatic heterocycles. The van der Waals surface area contributed by atoms with Gasteiger partial charge in [-0.2, -0.15) is 0 Å². The molecule has 0 unspecified atom stereocenters. The largest absolute Gasteiger partial charge is 0.0816 e. The summed E-state index contributed by atoms with van der Waals surface area (Å²) in [5, 5.41) is 2.62. The van der Waals surface area contributed by atoms with Gasteiger partial charge in [-0.25, -0.2) is 0 Å². The third-order valence-corrected chi connectivity index (χ3v) is 3.10. The van der Waals surface area contributed by atoms with E-state index in [2.05, 4.69) is 74.5 Å². The summed E-state index contributed by atoms with van der Waals surface area (Å²) in [6.07, 6.45) is 9.08. The van der Waals surface area contributed by atoms with Crippen LogP contribution in [-0.2, 0) is 0 Å². The fourth-order valence-electron chi connectivity index (χ4n) is 2.06. The fourth-order valence-corrected chi connectivity index (χ4v) is 2.06. The molecule has 0 spiro atoms. The molecule has 0 radical (unpaired) electrons. The van der Waals surface area contributed by atoms with Crippen LogP contribution >= 0.6 is 0 Å². The highest BCUT2D eigenvalue weighted by atomic mass is 14.0. The van der Waals surface area contributed by atoms with Crippen molar-refractivity contribution in [3.05, 3.63) is 65.8 Å². The Bertz CT molecular complexity index is 568. The van der Waals surface area contributed by atoms with Crippen LogP contribution in [0, 0.1) is 0 Å². The second kappa shape index (κ2) is 6.20. The minimum absolute atomic E-state index is 1.16. The van der Waals surface area contributed by atoms with Gasteiger partial charge in [-0.05, 0) is 29.7 Å². The van der Waals surface area contributed by atoms with E-state index < -0.39 is 0 Å². The molecular formula is C18H20. The maximum absolute atomic E-state index is 2.29. The Kier molecular flexibility index (Phi) is 4.35. The van der Waals surface area contributed by atoms with Crippen molar-refractivity contribution < 1.29 is 0 Å². The van der Waals surface area contributed by atoms with Gasteiger partial charge in [-0.3, -0.25) is 0 Å². The lowest BCUT2D eigenvalue weighted by Crippen LogP contribution is -1.78. The van der Waals surface area contributed by atoms with Gasteiger partial charge in [0.2, 0.25) is 0 Å². The zero-order valence-corrected chi connectivity index (χ0v) is 11.2. The maximum Gasteiger partial charge on any atom is -0.0111 e. The molecule has 2 rings (SSSR count). The van der Waals surface area contributed by atoms with E-state index in [4.69, 9.17) is 0 Å². The molecule has 2 aromatic carbocycles. The van der Waals surface area contributed by atoms with Crippen LogP contribution in [-0.4, -0.2) is 0 Å². The van der Waals surface area contributed by atoms with Crippen LogP contribution in [0.1, 0.15) is 32.3 Å². The number of rotatable bonds is 4. The van der Waals surface area contributed by atoms with Crippen molar-refractivity contribution in [2.24, 2.45) is 0 Å². The van der Waals surface area contributed by atoms with Crippen LogP contribution in [0.3, 0.4) is 0 Å². The highest BCUT2D eigenvalue weighted by Gasteiger charge is 1.95. The molecule has 0 saturated heterocycles. The van der Waals surface area contributed by atoms with E-state index in [9.17, 15) is 0 Å². The van der Waals surface area contributed by atoms with Crippen molar-refractivity contribution in [1.82, 2.24) is 0 Å². The van der Waals surface area contributed by atoms with Gasteiger partial charge in [-0.15, -0.1) is 0 Å². The van der Waals surface area contributed by atoms with Gasteiger partial charge >= 0.3 is 0 Å². The van der Waals surface area contributed by atoms with Gasteiger partial charge in [0.05, 0.1) is 0 Å². The molecule has 0 amide bonds. The predicted molar refractivity (Wildman–Crippen MR) is 81.6 cm³/mol. The lowest BCUT2D eigenvalue weighted by molar-refractivity contribution is 0.952. The third-order valence-electron chi connectivity index (χ3n) is 3.10. The average molecular weight is 236 g/mol. The van der Waals surface area contributed by atoms with Gasteiger partial charge in [0.25, 0.3) is 0 Å². The Hall–Kier alpha value is -1.82. The summed E-state index contributed by atoms with van der Waals surface area (Å²) in [7, 11) is 0. The van der Waals surface area contributed by atoms with Gasteiger partial charge in [-0.1, -0.05) is 79.6 Å². The number of unbranched alkanes of at least 4 members (excludes halogenated alkanes) is 1. The first-order chi connectivity index (χ1) is 8.81. The average Bonchev–Trinajstić information content (AvgIpc) is 2.42. The van der Waals surface area contributed by atoms with Crippen LogP contribution in [0.2, 0.25) is 0 Å². The van der Waals surface area contributed by atoms with Gasteiger partial charge < -0.3 is 0 Å². The molecule has 0 aliphatic rings. The van der Waals surface area contributed by atoms with E-state index in [0.29, 0.717) is 0 Å². The van der Waals surface area contributed by atoms with Crippen molar-refractivity contribution in [3.63, 3.8) is 0 Å². The Balaban J connectivity index is 2.29. The van der Waals surface area contributed by atoms with E-state index in [1.54, 1.807) is 0 Å². The molecule has 0 saturated carbocycles. The molecule has 0 aliphatic carbocycles. The first kappa shape index (κ1) is 12.6. The maximum atomic E-state index is 2.29. The third kappa shape index (κ3) is 3.10. The minimum Gasteiger partial charge on any atom is -0.0816 e. The number of hydrogen-bond donors (Lipinski definition) is 0. The molecule has 2 aromatic rings. The lowest BCUT2D eigenvalue weighted by atomic mass is 10.0. The zero-order chi connectivity index (χ0) is 12.8. The Morgan fingerprint density at radius 3 is 2.67 bits per heavy atom. The second-order valence-electron chi connectivity index (χ2n) is 4.64. The van der Waals surface area contributed by atoms with Crippen LogP contribution < -0.4 is 0 Å². The summed E-state index contributed by atoms with van der Waals surface area (Å²) in [6, 6.07) is 15.0. The molecule has 0 heteroatoms. The van der Waals surface area contributed by atoms with Crippen molar-refractivity contribution in [3.8, 4) is 0 Å². The highest BCUT2D eigenvalue weighted by Crippen LogP contribution is 2.20. The first-order valence-electron chi connectivity index (χ1n) is 6.64. The first-order valence-corrected chi connectivity index (χ1v) is 6.64. The molecule has 0 N–H and O–H groups in total. The van der Waals surface area contributed by atoms with Gasteiger partial charge in [0.15, 0.2) is 0 Å². The molecule has 0 aromatic heterocycles. The Morgan fingerprint density at radius 2 is 1.83 bits per heavy atom. The Labute approximate surface area is 110 Å². The Morgan fingerprint density at radius 1 is 1.06 bits per heavy atom. The number of benzene rings is 2. The molecule has 18 heavy (non-hydrogen) atoms. The summed E-state index contributed by atoms with van der Waals surface area (Å²) in [4.78, 5) is 0. The minimum atomic E-state index is 1.16. The number of allylic oxidation sites excluding steroid dienone is 3. The summed E-state index contributed by atoms with van der Waals surface area (Å²) in [5.74, 6) is 0. The molecule has 0 atom stereocenters. The van der Waals surface area contributed by atoms with E-state index >= 15 is 0 Å². The van der Waals surface area contributed by atoms with Crippen molar-refractivity contribution >= 4 is 16.8 Å². The van der Waals surface area contributed by atoms with Crippen LogP contribution in [0.4, 0.5) is 0 Å². The summed E-state index contributed by atoms with van der Waals surface area (Å²) in [6.45, 7) is 4.37. The molecule has 0 fully saturated rings. The number of fused-ring (bicyclic) bond motifs is 1. The molecule has 92 valence electrons. The quantitative estimate of drug-likeness (QED) is 0.606. The van der Waals surface area contributed by atoms with Crippen molar-refractivity contribution in [2.75, 3.05) is 0 Å². The van der Waals surface area contributed by atoms with E-state index in [1.165, 1.54) is 28.3 Å². The second-order valence-corrected chi connectivity index (χ2v) is 4.64. The smallest absolute Gasteiger partial charge is 0.0111 e. The monoisotopic (exact) mass is 236 g/mol. The topological polar surface area (TPSA) is 0 Å². The summed E-state index contributed by atoms with van der Waals surface area (Å²) < 4.78 is 0. The molecule has 0 nitrogen and oxygen atoms in total. The van der Waals surface area contributed by atoms with E-state index in [1.807, 2.05) is 0 Å². The normalized spacial score (nSPS) is 12.4. The molecule has 0 bridgehead atoms. The van der Waals surface area contributed by atoms with Gasteiger partial charge in [0.1, 0.15) is 0 Å². The van der Waals surface area contributed by atoms with Crippen LogP contribution in [0.25, 0.3) is 16.8 Å². The van der Waals surface area contributed by atoms with E-state index in [-0.39, 0.29) is 0 Å². The fraction of sp³-hybridized carbons (Fsp3) is 0.222. The zero-order valence-electron chi connectivity index (χ0n) is 11.2. The highest BCUT2D eigenvalue weighted by molar-refractivity contribution is 5.90. The van der Waals surface area contributed by atoms with Crippen LogP contribution in [0.5, 0.6) is 0 Å². The SMILES string of the molecule is CCCC=C(C)C=Cc1cccc2ccccc12. The molecule has 0 heterocycles. The van der Waals surface area contributed by atoms with Gasteiger partial charge in [0, 0.05) is 0 Å². The van der Waals surface area contributed by atoms with Crippen LogP contribution in [0.15, 0.2) is 60.2 Å². The van der Waals surface area contributed by atoms with Crippen molar-refractivity contribution in [2.45, 2.75) is 26.7 Å². The molecular weight excluding hydrogens is 216 g/mol. The van der Waals surface area contributed by atoms with Crippen molar-refractivity contribution in [1.29, 1.82) is 0 Å². The summed E-state index contributed by atoms with van der Waals surface area (Å²) >= 11 is 0. The summed E-state index contributed by atoms with van der Waals surface area (Å²) in [5.41, 5.74) is 2.63. The van der Waals surface area contributed by atoms with E-state index in [0.717, 1.165) is 6.42 Å². The predicted octanol–water partition coefficient (Wildman–Crippen LogP) is 5.60. The number of hydrogen-bond acceptors (Lipinski definition) is 0. The lowest BCUT2D eigenvalue weighted by Gasteiger charge is -2.01.